The Morgan fingerprint density at radius 3 is 2.75 bits per heavy atom. The number of phenols is 1. The second-order valence-electron chi connectivity index (χ2n) is 3.31. The average Bonchev–Trinajstić information content (AvgIpc) is 2.23. The van der Waals surface area contributed by atoms with Crippen molar-refractivity contribution in [1.82, 2.24) is 0 Å². The van der Waals surface area contributed by atoms with Crippen molar-refractivity contribution in [3.05, 3.63) is 27.7 Å². The molecule has 1 rings (SSSR count). The Morgan fingerprint density at radius 2 is 2.19 bits per heavy atom. The quantitative estimate of drug-likeness (QED) is 0.836. The van der Waals surface area contributed by atoms with Gasteiger partial charge in [-0.3, -0.25) is 0 Å². The molecular weight excluding hydrogens is 276 g/mol. The molecule has 0 amide bonds. The van der Waals surface area contributed by atoms with Gasteiger partial charge in [-0.1, -0.05) is 0 Å². The highest BCUT2D eigenvalue weighted by Gasteiger charge is 2.21. The van der Waals surface area contributed by atoms with E-state index < -0.39 is 12.1 Å². The molecule has 0 aliphatic rings. The van der Waals surface area contributed by atoms with Crippen LogP contribution in [-0.2, 0) is 9.53 Å². The number of aliphatic hydroxyl groups is 1. The number of rotatable bonds is 3. The molecule has 0 saturated carbocycles. The fourth-order valence-corrected chi connectivity index (χ4v) is 1.69. The third-order valence-electron chi connectivity index (χ3n) is 2.14. The molecule has 1 atom stereocenters. The summed E-state index contributed by atoms with van der Waals surface area (Å²) in [6.45, 7) is 3.59. The fraction of sp³-hybridized carbons (Fsp3) is 0.364. The summed E-state index contributed by atoms with van der Waals surface area (Å²) in [5, 5.41) is 19.1. The molecule has 1 unspecified atom stereocenters. The van der Waals surface area contributed by atoms with Crippen molar-refractivity contribution in [3.8, 4) is 5.75 Å². The molecule has 1 aromatic rings. The molecule has 0 fully saturated rings. The standard InChI is InChI=1S/C11H13BrO4/c1-3-16-11(15)10(14)7-5-8(12)9(13)4-6(7)2/h4-5,10,13-14H,3H2,1-2H3. The zero-order valence-corrected chi connectivity index (χ0v) is 10.6. The minimum absolute atomic E-state index is 0.0670. The molecule has 5 heteroatoms. The van der Waals surface area contributed by atoms with Gasteiger partial charge in [-0.25, -0.2) is 4.79 Å². The number of hydrogen-bond donors (Lipinski definition) is 2. The highest BCUT2D eigenvalue weighted by molar-refractivity contribution is 9.10. The number of benzene rings is 1. The zero-order valence-electron chi connectivity index (χ0n) is 9.03. The summed E-state index contributed by atoms with van der Waals surface area (Å²) in [6.07, 6.45) is -1.32. The van der Waals surface area contributed by atoms with Crippen molar-refractivity contribution in [2.24, 2.45) is 0 Å². The van der Waals surface area contributed by atoms with E-state index in [1.165, 1.54) is 12.1 Å². The van der Waals surface area contributed by atoms with E-state index in [1.807, 2.05) is 0 Å². The van der Waals surface area contributed by atoms with Gasteiger partial charge in [0.25, 0.3) is 0 Å². The Balaban J connectivity index is 3.04. The Bertz CT molecular complexity index is 403. The number of carbonyl (C=O) groups is 1. The van der Waals surface area contributed by atoms with Crippen molar-refractivity contribution in [2.45, 2.75) is 20.0 Å². The van der Waals surface area contributed by atoms with Crippen molar-refractivity contribution in [3.63, 3.8) is 0 Å². The van der Waals surface area contributed by atoms with Gasteiger partial charge >= 0.3 is 5.97 Å². The van der Waals surface area contributed by atoms with Crippen molar-refractivity contribution < 1.29 is 19.7 Å². The largest absolute Gasteiger partial charge is 0.507 e. The maximum absolute atomic E-state index is 11.3. The number of aryl methyl sites for hydroxylation is 1. The van der Waals surface area contributed by atoms with E-state index in [9.17, 15) is 15.0 Å². The van der Waals surface area contributed by atoms with Crippen LogP contribution in [0.2, 0.25) is 0 Å². The third kappa shape index (κ3) is 2.74. The summed E-state index contributed by atoms with van der Waals surface area (Å²) in [5.41, 5.74) is 1.05. The Kier molecular flexibility index (Phi) is 4.32. The molecule has 0 aromatic heterocycles. The first kappa shape index (κ1) is 13.0. The van der Waals surface area contributed by atoms with Gasteiger partial charge in [-0.15, -0.1) is 0 Å². The molecule has 88 valence electrons. The Labute approximate surface area is 102 Å². The number of ether oxygens (including phenoxy) is 1. The van der Waals surface area contributed by atoms with Crippen LogP contribution < -0.4 is 0 Å². The van der Waals surface area contributed by atoms with Gasteiger partial charge in [0.15, 0.2) is 6.10 Å². The van der Waals surface area contributed by atoms with E-state index in [2.05, 4.69) is 15.9 Å². The first-order chi connectivity index (χ1) is 7.47. The maximum Gasteiger partial charge on any atom is 0.339 e. The molecule has 0 saturated heterocycles. The van der Waals surface area contributed by atoms with Crippen molar-refractivity contribution in [2.75, 3.05) is 6.61 Å². The molecule has 0 aliphatic heterocycles. The molecule has 0 aliphatic carbocycles. The molecular formula is C11H13BrO4. The molecule has 1 aromatic carbocycles. The predicted molar refractivity (Wildman–Crippen MR) is 62.1 cm³/mol. The predicted octanol–water partition coefficient (Wildman–Crippen LogP) is 2.06. The lowest BCUT2D eigenvalue weighted by Crippen LogP contribution is -2.16. The van der Waals surface area contributed by atoms with Crippen LogP contribution >= 0.6 is 15.9 Å². The van der Waals surface area contributed by atoms with Gasteiger partial charge < -0.3 is 14.9 Å². The number of hydrogen-bond acceptors (Lipinski definition) is 4. The fourth-order valence-electron chi connectivity index (χ4n) is 1.32. The molecule has 16 heavy (non-hydrogen) atoms. The van der Waals surface area contributed by atoms with E-state index in [4.69, 9.17) is 4.74 Å². The molecule has 4 nitrogen and oxygen atoms in total. The van der Waals surface area contributed by atoms with Crippen LogP contribution in [0.3, 0.4) is 0 Å². The number of aliphatic hydroxyl groups excluding tert-OH is 1. The van der Waals surface area contributed by atoms with Crippen LogP contribution in [0.15, 0.2) is 16.6 Å². The van der Waals surface area contributed by atoms with Crippen molar-refractivity contribution >= 4 is 21.9 Å². The van der Waals surface area contributed by atoms with Crippen LogP contribution in [0.5, 0.6) is 5.75 Å². The molecule has 0 bridgehead atoms. The topological polar surface area (TPSA) is 66.8 Å². The Morgan fingerprint density at radius 1 is 1.56 bits per heavy atom. The average molecular weight is 289 g/mol. The van der Waals surface area contributed by atoms with E-state index in [-0.39, 0.29) is 12.4 Å². The Hall–Kier alpha value is -1.07. The van der Waals surface area contributed by atoms with Gasteiger partial charge in [-0.05, 0) is 53.0 Å². The molecule has 0 heterocycles. The van der Waals surface area contributed by atoms with Crippen LogP contribution in [0.4, 0.5) is 0 Å². The van der Waals surface area contributed by atoms with E-state index >= 15 is 0 Å². The molecule has 0 radical (unpaired) electrons. The third-order valence-corrected chi connectivity index (χ3v) is 2.78. The highest BCUT2D eigenvalue weighted by Crippen LogP contribution is 2.30. The minimum Gasteiger partial charge on any atom is -0.507 e. The molecule has 2 N–H and O–H groups in total. The highest BCUT2D eigenvalue weighted by atomic mass is 79.9. The van der Waals surface area contributed by atoms with Gasteiger partial charge in [0.05, 0.1) is 11.1 Å². The maximum atomic E-state index is 11.3. The van der Waals surface area contributed by atoms with E-state index in [0.717, 1.165) is 0 Å². The summed E-state index contributed by atoms with van der Waals surface area (Å²) in [7, 11) is 0. The summed E-state index contributed by atoms with van der Waals surface area (Å²) in [4.78, 5) is 11.3. The summed E-state index contributed by atoms with van der Waals surface area (Å²) < 4.78 is 5.14. The van der Waals surface area contributed by atoms with Crippen molar-refractivity contribution in [1.29, 1.82) is 0 Å². The first-order valence-electron chi connectivity index (χ1n) is 4.81. The van der Waals surface area contributed by atoms with Gasteiger partial charge in [0.1, 0.15) is 5.75 Å². The lowest BCUT2D eigenvalue weighted by Gasteiger charge is -2.13. The SMILES string of the molecule is CCOC(=O)C(O)c1cc(Br)c(O)cc1C. The molecule has 0 spiro atoms. The monoisotopic (exact) mass is 288 g/mol. The van der Waals surface area contributed by atoms with Gasteiger partial charge in [0.2, 0.25) is 0 Å². The second kappa shape index (κ2) is 5.32. The van der Waals surface area contributed by atoms with Crippen LogP contribution in [0.1, 0.15) is 24.2 Å². The van der Waals surface area contributed by atoms with E-state index in [1.54, 1.807) is 13.8 Å². The number of aromatic hydroxyl groups is 1. The number of phenolic OH excluding ortho intramolecular Hbond substituents is 1. The number of halogens is 1. The first-order valence-corrected chi connectivity index (χ1v) is 5.60. The summed E-state index contributed by atoms with van der Waals surface area (Å²) in [6, 6.07) is 2.98. The lowest BCUT2D eigenvalue weighted by molar-refractivity contribution is -0.153. The van der Waals surface area contributed by atoms with Crippen LogP contribution in [0.25, 0.3) is 0 Å². The van der Waals surface area contributed by atoms with Gasteiger partial charge in [0, 0.05) is 0 Å². The van der Waals surface area contributed by atoms with E-state index in [0.29, 0.717) is 15.6 Å². The summed E-state index contributed by atoms with van der Waals surface area (Å²) >= 11 is 3.12. The number of esters is 1. The number of carbonyl (C=O) groups excluding carboxylic acids is 1. The van der Waals surface area contributed by atoms with Gasteiger partial charge in [-0.2, -0.15) is 0 Å². The normalized spacial score (nSPS) is 12.2. The second-order valence-corrected chi connectivity index (χ2v) is 4.17. The zero-order chi connectivity index (χ0) is 12.3. The minimum atomic E-state index is -1.32. The van der Waals surface area contributed by atoms with Crippen LogP contribution in [-0.4, -0.2) is 22.8 Å². The smallest absolute Gasteiger partial charge is 0.339 e. The summed E-state index contributed by atoms with van der Waals surface area (Å²) in [5.74, 6) is -0.625. The van der Waals surface area contributed by atoms with Crippen LogP contribution in [0, 0.1) is 6.92 Å². The lowest BCUT2D eigenvalue weighted by atomic mass is 10.0.